The van der Waals surface area contributed by atoms with Gasteiger partial charge in [0, 0.05) is 32.9 Å². The predicted octanol–water partition coefficient (Wildman–Crippen LogP) is -0.0975. The molecule has 1 aliphatic rings. The Kier molecular flexibility index (Phi) is 4.31. The molecule has 104 valence electrons. The van der Waals surface area contributed by atoms with Crippen molar-refractivity contribution in [2.45, 2.75) is 12.0 Å². The van der Waals surface area contributed by atoms with Crippen LogP contribution < -0.4 is 16.6 Å². The van der Waals surface area contributed by atoms with Crippen LogP contribution in [0, 0.1) is 0 Å². The molecular weight excluding hydrogens is 248 g/mol. The van der Waals surface area contributed by atoms with Gasteiger partial charge in [-0.05, 0) is 12.1 Å². The lowest BCUT2D eigenvalue weighted by molar-refractivity contribution is -0.0148. The van der Waals surface area contributed by atoms with Crippen LogP contribution in [0.2, 0.25) is 0 Å². The van der Waals surface area contributed by atoms with Crippen molar-refractivity contribution in [1.82, 2.24) is 10.3 Å². The van der Waals surface area contributed by atoms with Gasteiger partial charge in [0.25, 0.3) is 5.91 Å². The Balaban J connectivity index is 1.93. The molecule has 1 unspecified atom stereocenters. The van der Waals surface area contributed by atoms with E-state index >= 15 is 0 Å². The number of hydrazine groups is 1. The molecule has 2 heterocycles. The number of methoxy groups -OCH3 is 1. The van der Waals surface area contributed by atoms with E-state index in [4.69, 9.17) is 15.3 Å². The Morgan fingerprint density at radius 3 is 3.00 bits per heavy atom. The number of hydrogen-bond acceptors (Lipinski definition) is 6. The van der Waals surface area contributed by atoms with Gasteiger partial charge in [-0.15, -0.1) is 0 Å². The lowest BCUT2D eigenvalue weighted by Gasteiger charge is -2.25. The number of nitrogen functional groups attached to an aromatic ring is 1. The van der Waals surface area contributed by atoms with Crippen molar-refractivity contribution >= 4 is 11.7 Å². The number of hydrogen-bond donors (Lipinski definition) is 3. The molecule has 1 aromatic rings. The Hall–Kier alpha value is -1.70. The maximum Gasteiger partial charge on any atom is 0.252 e. The third-order valence-electron chi connectivity index (χ3n) is 3.24. The summed E-state index contributed by atoms with van der Waals surface area (Å²) in [7, 11) is 1.63. The topological polar surface area (TPSA) is 98.5 Å². The highest BCUT2D eigenvalue weighted by Crippen LogP contribution is 2.21. The van der Waals surface area contributed by atoms with Gasteiger partial charge >= 0.3 is 0 Å². The summed E-state index contributed by atoms with van der Waals surface area (Å²) in [5.41, 5.74) is 2.47. The van der Waals surface area contributed by atoms with Gasteiger partial charge in [-0.25, -0.2) is 10.8 Å². The Labute approximate surface area is 111 Å². The molecule has 0 bridgehead atoms. The molecule has 1 fully saturated rings. The maximum absolute atomic E-state index is 12.0. The van der Waals surface area contributed by atoms with Crippen LogP contribution in [0.1, 0.15) is 16.8 Å². The van der Waals surface area contributed by atoms with E-state index in [1.54, 1.807) is 19.2 Å². The van der Waals surface area contributed by atoms with Gasteiger partial charge in [-0.1, -0.05) is 0 Å². The normalized spacial score (nSPS) is 22.2. The Morgan fingerprint density at radius 1 is 1.63 bits per heavy atom. The summed E-state index contributed by atoms with van der Waals surface area (Å²) in [4.78, 5) is 15.9. The fourth-order valence-electron chi connectivity index (χ4n) is 1.92. The molecule has 0 spiro atoms. The number of nitrogens with two attached hydrogens (primary N) is 1. The molecule has 0 radical (unpaired) electrons. The average Bonchev–Trinajstić information content (AvgIpc) is 2.94. The molecule has 1 saturated heterocycles. The number of amides is 1. The van der Waals surface area contributed by atoms with E-state index in [1.807, 2.05) is 0 Å². The zero-order valence-corrected chi connectivity index (χ0v) is 10.8. The summed E-state index contributed by atoms with van der Waals surface area (Å²) in [5, 5.41) is 2.83. The third kappa shape index (κ3) is 3.19. The molecule has 2 rings (SSSR count). The highest BCUT2D eigenvalue weighted by Gasteiger charge is 2.35. The zero-order valence-electron chi connectivity index (χ0n) is 10.8. The third-order valence-corrected chi connectivity index (χ3v) is 3.24. The number of rotatable bonds is 5. The fraction of sp³-hybridized carbons (Fsp3) is 0.500. The van der Waals surface area contributed by atoms with Gasteiger partial charge in [0.1, 0.15) is 11.4 Å². The van der Waals surface area contributed by atoms with Crippen molar-refractivity contribution in [3.05, 3.63) is 23.9 Å². The average molecular weight is 266 g/mol. The molecular formula is C12H18N4O3. The maximum atomic E-state index is 12.0. The summed E-state index contributed by atoms with van der Waals surface area (Å²) in [6.07, 6.45) is 2.24. The van der Waals surface area contributed by atoms with E-state index in [2.05, 4.69) is 15.7 Å². The van der Waals surface area contributed by atoms with E-state index in [0.717, 1.165) is 6.42 Å². The molecule has 0 aliphatic carbocycles. The van der Waals surface area contributed by atoms with Crippen molar-refractivity contribution in [2.75, 3.05) is 32.3 Å². The van der Waals surface area contributed by atoms with Crippen molar-refractivity contribution in [3.8, 4) is 0 Å². The minimum Gasteiger partial charge on any atom is -0.378 e. The molecule has 1 atom stereocenters. The number of nitrogens with zero attached hydrogens (tertiary/aromatic N) is 1. The van der Waals surface area contributed by atoms with E-state index in [0.29, 0.717) is 31.1 Å². The largest absolute Gasteiger partial charge is 0.378 e. The lowest BCUT2D eigenvalue weighted by Crippen LogP contribution is -2.45. The Morgan fingerprint density at radius 2 is 2.47 bits per heavy atom. The number of carbonyl (C=O) groups is 1. The first-order chi connectivity index (χ1) is 9.19. The van der Waals surface area contributed by atoms with E-state index in [9.17, 15) is 4.79 Å². The summed E-state index contributed by atoms with van der Waals surface area (Å²) < 4.78 is 10.7. The quantitative estimate of drug-likeness (QED) is 0.508. The molecule has 1 aromatic heterocycles. The minimum absolute atomic E-state index is 0.195. The molecule has 0 saturated carbocycles. The van der Waals surface area contributed by atoms with E-state index < -0.39 is 5.60 Å². The van der Waals surface area contributed by atoms with Crippen molar-refractivity contribution in [2.24, 2.45) is 5.84 Å². The summed E-state index contributed by atoms with van der Waals surface area (Å²) in [6, 6.07) is 3.29. The molecule has 19 heavy (non-hydrogen) atoms. The Bertz CT molecular complexity index is 429. The summed E-state index contributed by atoms with van der Waals surface area (Å²) >= 11 is 0. The summed E-state index contributed by atoms with van der Waals surface area (Å²) in [6.45, 7) is 1.57. The molecule has 1 aliphatic heterocycles. The van der Waals surface area contributed by atoms with Crippen molar-refractivity contribution in [3.63, 3.8) is 0 Å². The number of anilines is 1. The van der Waals surface area contributed by atoms with Gasteiger partial charge in [0.2, 0.25) is 0 Å². The van der Waals surface area contributed by atoms with Crippen molar-refractivity contribution < 1.29 is 14.3 Å². The van der Waals surface area contributed by atoms with Crippen LogP contribution in [0.25, 0.3) is 0 Å². The standard InChI is InChI=1S/C12H18N4O3/c1-18-12(4-5-19-8-12)7-15-11(17)9-2-3-10(16-13)14-6-9/h2-3,6H,4-5,7-8,13H2,1H3,(H,14,16)(H,15,17). The fourth-order valence-corrected chi connectivity index (χ4v) is 1.92. The van der Waals surface area contributed by atoms with Gasteiger partial charge in [0.05, 0.1) is 12.2 Å². The predicted molar refractivity (Wildman–Crippen MR) is 69.6 cm³/mol. The number of carbonyl (C=O) groups excluding carboxylic acids is 1. The van der Waals surface area contributed by atoms with Crippen molar-refractivity contribution in [1.29, 1.82) is 0 Å². The number of aromatic nitrogens is 1. The number of nitrogens with one attached hydrogen (secondary N) is 2. The van der Waals surface area contributed by atoms with Crippen LogP contribution >= 0.6 is 0 Å². The van der Waals surface area contributed by atoms with E-state index in [-0.39, 0.29) is 5.91 Å². The first kappa shape index (κ1) is 13.7. The van der Waals surface area contributed by atoms with Gasteiger partial charge in [-0.2, -0.15) is 0 Å². The van der Waals surface area contributed by atoms with Gasteiger partial charge < -0.3 is 20.2 Å². The second kappa shape index (κ2) is 5.96. The summed E-state index contributed by atoms with van der Waals surface area (Å²) in [5.74, 6) is 5.52. The SMILES string of the molecule is COC1(CNC(=O)c2ccc(NN)nc2)CCOC1. The van der Waals surface area contributed by atoms with Crippen LogP contribution in [0.5, 0.6) is 0 Å². The zero-order chi connectivity index (χ0) is 13.7. The van der Waals surface area contributed by atoms with Crippen LogP contribution in [0.4, 0.5) is 5.82 Å². The lowest BCUT2D eigenvalue weighted by atomic mass is 10.0. The molecule has 7 heteroatoms. The highest BCUT2D eigenvalue weighted by atomic mass is 16.5. The molecule has 0 aromatic carbocycles. The minimum atomic E-state index is -0.415. The molecule has 1 amide bonds. The van der Waals surface area contributed by atoms with Gasteiger partial charge in [0.15, 0.2) is 0 Å². The van der Waals surface area contributed by atoms with Crippen LogP contribution in [0.3, 0.4) is 0 Å². The van der Waals surface area contributed by atoms with Gasteiger partial charge in [-0.3, -0.25) is 4.79 Å². The van der Waals surface area contributed by atoms with Crippen LogP contribution in [-0.2, 0) is 9.47 Å². The second-order valence-electron chi connectivity index (χ2n) is 4.45. The monoisotopic (exact) mass is 266 g/mol. The first-order valence-corrected chi connectivity index (χ1v) is 6.03. The smallest absolute Gasteiger partial charge is 0.252 e. The number of pyridine rings is 1. The first-order valence-electron chi connectivity index (χ1n) is 6.03. The number of ether oxygens (including phenoxy) is 2. The van der Waals surface area contributed by atoms with E-state index in [1.165, 1.54) is 6.20 Å². The molecule has 7 nitrogen and oxygen atoms in total. The molecule has 4 N–H and O–H groups in total. The van der Waals surface area contributed by atoms with Crippen LogP contribution in [0.15, 0.2) is 18.3 Å². The second-order valence-corrected chi connectivity index (χ2v) is 4.45. The highest BCUT2D eigenvalue weighted by molar-refractivity contribution is 5.94. The van der Waals surface area contributed by atoms with Crippen LogP contribution in [-0.4, -0.2) is 43.4 Å².